The van der Waals surface area contributed by atoms with Crippen molar-refractivity contribution in [2.75, 3.05) is 7.11 Å². The lowest BCUT2D eigenvalue weighted by Crippen LogP contribution is -2.21. The monoisotopic (exact) mass is 258 g/mol. The summed E-state index contributed by atoms with van der Waals surface area (Å²) >= 11 is 6.27. The molecule has 0 heterocycles. The van der Waals surface area contributed by atoms with E-state index in [-0.39, 0.29) is 16.6 Å². The predicted molar refractivity (Wildman–Crippen MR) is 70.4 cm³/mol. The molecule has 1 nitrogen and oxygen atoms in total. The Labute approximate surface area is 108 Å². The number of benzene rings is 1. The van der Waals surface area contributed by atoms with E-state index in [0.29, 0.717) is 17.7 Å². The van der Waals surface area contributed by atoms with Crippen LogP contribution in [0.4, 0.5) is 4.39 Å². The molecule has 0 N–H and O–H groups in total. The summed E-state index contributed by atoms with van der Waals surface area (Å²) < 4.78 is 18.6. The van der Waals surface area contributed by atoms with E-state index in [0.717, 1.165) is 6.42 Å². The van der Waals surface area contributed by atoms with Crippen molar-refractivity contribution in [1.82, 2.24) is 0 Å². The molecule has 0 aliphatic carbocycles. The Bertz CT molecular complexity index is 371. The van der Waals surface area contributed by atoms with Gasteiger partial charge >= 0.3 is 0 Å². The number of hydrogen-bond donors (Lipinski definition) is 0. The zero-order valence-electron chi connectivity index (χ0n) is 10.9. The van der Waals surface area contributed by atoms with Gasteiger partial charge in [-0.1, -0.05) is 26.8 Å². The van der Waals surface area contributed by atoms with Crippen molar-refractivity contribution in [1.29, 1.82) is 0 Å². The quantitative estimate of drug-likeness (QED) is 0.727. The lowest BCUT2D eigenvalue weighted by atomic mass is 9.88. The van der Waals surface area contributed by atoms with Crippen molar-refractivity contribution in [2.45, 2.75) is 39.0 Å². The number of alkyl halides is 1. The number of methoxy groups -OCH3 is 1. The molecule has 0 saturated carbocycles. The first kappa shape index (κ1) is 14.3. The van der Waals surface area contributed by atoms with Gasteiger partial charge in [0.2, 0.25) is 0 Å². The third-order valence-corrected chi connectivity index (χ3v) is 3.74. The second-order valence-corrected chi connectivity index (χ2v) is 5.86. The number of hydrogen-bond acceptors (Lipinski definition) is 1. The first-order chi connectivity index (χ1) is 7.84. The fourth-order valence-electron chi connectivity index (χ4n) is 1.57. The molecular weight excluding hydrogens is 239 g/mol. The number of ether oxygens (including phenoxy) is 1. The minimum Gasteiger partial charge on any atom is -0.497 e. The molecule has 0 bridgehead atoms. The van der Waals surface area contributed by atoms with Gasteiger partial charge in [0.25, 0.3) is 0 Å². The summed E-state index contributed by atoms with van der Waals surface area (Å²) in [6, 6.07) is 4.95. The second-order valence-electron chi connectivity index (χ2n) is 5.33. The molecule has 3 heteroatoms. The van der Waals surface area contributed by atoms with Crippen LogP contribution in [0.3, 0.4) is 0 Å². The smallest absolute Gasteiger partial charge is 0.130 e. The van der Waals surface area contributed by atoms with E-state index in [1.54, 1.807) is 12.1 Å². The Morgan fingerprint density at radius 1 is 1.35 bits per heavy atom. The highest BCUT2D eigenvalue weighted by Gasteiger charge is 2.22. The van der Waals surface area contributed by atoms with E-state index in [2.05, 4.69) is 20.8 Å². The van der Waals surface area contributed by atoms with Crippen LogP contribution in [0.25, 0.3) is 0 Å². The van der Waals surface area contributed by atoms with Crippen molar-refractivity contribution in [3.05, 3.63) is 29.6 Å². The molecule has 1 rings (SSSR count). The average molecular weight is 259 g/mol. The van der Waals surface area contributed by atoms with E-state index in [4.69, 9.17) is 16.3 Å². The van der Waals surface area contributed by atoms with Gasteiger partial charge in [0, 0.05) is 11.4 Å². The summed E-state index contributed by atoms with van der Waals surface area (Å²) in [5.41, 5.74) is 0.741. The summed E-state index contributed by atoms with van der Waals surface area (Å²) in [4.78, 5) is 0. The molecule has 1 aromatic carbocycles. The van der Waals surface area contributed by atoms with Gasteiger partial charge in [-0.25, -0.2) is 4.39 Å². The zero-order chi connectivity index (χ0) is 13.1. The first-order valence-corrected chi connectivity index (χ1v) is 6.24. The summed E-state index contributed by atoms with van der Waals surface area (Å²) in [6.07, 6.45) is 1.43. The highest BCUT2D eigenvalue weighted by Crippen LogP contribution is 2.28. The largest absolute Gasteiger partial charge is 0.497 e. The average Bonchev–Trinajstić information content (AvgIpc) is 2.25. The number of rotatable bonds is 4. The summed E-state index contributed by atoms with van der Waals surface area (Å²) in [6.45, 7) is 6.28. The Hall–Kier alpha value is -0.760. The third kappa shape index (κ3) is 4.19. The SMILES string of the molecule is COc1ccc(CCC(Cl)C(C)(C)C)c(F)c1. The van der Waals surface area contributed by atoms with Crippen LogP contribution in [0, 0.1) is 11.2 Å². The Balaban J connectivity index is 2.64. The van der Waals surface area contributed by atoms with Crippen molar-refractivity contribution >= 4 is 11.6 Å². The third-order valence-electron chi connectivity index (χ3n) is 2.87. The topological polar surface area (TPSA) is 9.23 Å². The minimum atomic E-state index is -0.220. The molecule has 0 spiro atoms. The van der Waals surface area contributed by atoms with E-state index < -0.39 is 0 Å². The van der Waals surface area contributed by atoms with Gasteiger partial charge in [0.1, 0.15) is 11.6 Å². The molecule has 0 amide bonds. The van der Waals surface area contributed by atoms with Crippen molar-refractivity contribution in [2.24, 2.45) is 5.41 Å². The maximum absolute atomic E-state index is 13.7. The van der Waals surface area contributed by atoms with E-state index in [1.165, 1.54) is 13.2 Å². The molecule has 0 aliphatic heterocycles. The maximum Gasteiger partial charge on any atom is 0.130 e. The molecule has 1 atom stereocenters. The molecule has 0 radical (unpaired) electrons. The Morgan fingerprint density at radius 3 is 2.47 bits per heavy atom. The second kappa shape index (κ2) is 5.72. The van der Waals surface area contributed by atoms with E-state index >= 15 is 0 Å². The van der Waals surface area contributed by atoms with Gasteiger partial charge in [0.15, 0.2) is 0 Å². The van der Waals surface area contributed by atoms with Crippen LogP contribution in [0.1, 0.15) is 32.8 Å². The molecule has 17 heavy (non-hydrogen) atoms. The molecule has 0 aliphatic rings. The normalized spacial score (nSPS) is 13.5. The van der Waals surface area contributed by atoms with Crippen molar-refractivity contribution in [3.63, 3.8) is 0 Å². The van der Waals surface area contributed by atoms with Gasteiger partial charge < -0.3 is 4.74 Å². The van der Waals surface area contributed by atoms with Gasteiger partial charge in [-0.3, -0.25) is 0 Å². The number of halogens is 2. The molecule has 1 aromatic rings. The molecule has 96 valence electrons. The first-order valence-electron chi connectivity index (χ1n) is 5.81. The summed E-state index contributed by atoms with van der Waals surface area (Å²) in [7, 11) is 1.53. The van der Waals surface area contributed by atoms with Crippen LogP contribution in [0.2, 0.25) is 0 Å². The van der Waals surface area contributed by atoms with Crippen LogP contribution < -0.4 is 4.74 Å². The highest BCUT2D eigenvalue weighted by molar-refractivity contribution is 6.21. The Kier molecular flexibility index (Phi) is 4.81. The van der Waals surface area contributed by atoms with Crippen molar-refractivity contribution in [3.8, 4) is 5.75 Å². The molecule has 0 saturated heterocycles. The highest BCUT2D eigenvalue weighted by atomic mass is 35.5. The van der Waals surface area contributed by atoms with Crippen LogP contribution in [-0.2, 0) is 6.42 Å². The lowest BCUT2D eigenvalue weighted by molar-refractivity contribution is 0.372. The van der Waals surface area contributed by atoms with Crippen LogP contribution in [0.15, 0.2) is 18.2 Å². The fourth-order valence-corrected chi connectivity index (χ4v) is 1.68. The summed E-state index contributed by atoms with van der Waals surface area (Å²) in [5, 5.41) is 0.0454. The number of aryl methyl sites for hydroxylation is 1. The van der Waals surface area contributed by atoms with E-state index in [1.807, 2.05) is 0 Å². The fraction of sp³-hybridized carbons (Fsp3) is 0.571. The predicted octanol–water partition coefficient (Wildman–Crippen LogP) is 4.42. The van der Waals surface area contributed by atoms with Gasteiger partial charge in [-0.2, -0.15) is 0 Å². The molecular formula is C14H20ClFO. The van der Waals surface area contributed by atoms with Crippen LogP contribution in [0.5, 0.6) is 5.75 Å². The van der Waals surface area contributed by atoms with Crippen molar-refractivity contribution < 1.29 is 9.13 Å². The lowest BCUT2D eigenvalue weighted by Gasteiger charge is -2.25. The van der Waals surface area contributed by atoms with Gasteiger partial charge in [-0.15, -0.1) is 11.6 Å². The maximum atomic E-state index is 13.7. The van der Waals surface area contributed by atoms with Gasteiger partial charge in [0.05, 0.1) is 7.11 Å². The standard InChI is InChI=1S/C14H20ClFO/c1-14(2,3)13(15)8-6-10-5-7-11(17-4)9-12(10)16/h5,7,9,13H,6,8H2,1-4H3. The van der Waals surface area contributed by atoms with Crippen LogP contribution >= 0.6 is 11.6 Å². The minimum absolute atomic E-state index is 0.0454. The zero-order valence-corrected chi connectivity index (χ0v) is 11.6. The molecule has 1 unspecified atom stereocenters. The van der Waals surface area contributed by atoms with E-state index in [9.17, 15) is 4.39 Å². The van der Waals surface area contributed by atoms with Gasteiger partial charge in [-0.05, 0) is 29.9 Å². The van der Waals surface area contributed by atoms with Crippen LogP contribution in [-0.4, -0.2) is 12.5 Å². The Morgan fingerprint density at radius 2 is 2.00 bits per heavy atom. The molecule has 0 aromatic heterocycles. The molecule has 0 fully saturated rings. The summed E-state index contributed by atoms with van der Waals surface area (Å²) in [5.74, 6) is 0.326.